The molecule has 0 amide bonds. The molecule has 0 N–H and O–H groups in total. The van der Waals surface area contributed by atoms with Gasteiger partial charge < -0.3 is 4.74 Å². The van der Waals surface area contributed by atoms with Crippen molar-refractivity contribution in [2.45, 2.75) is 79.1 Å². The fourth-order valence-electron chi connectivity index (χ4n) is 7.50. The van der Waals surface area contributed by atoms with E-state index in [0.717, 1.165) is 11.8 Å². The zero-order valence-electron chi connectivity index (χ0n) is 18.3. The number of hydrogen-bond acceptors (Lipinski definition) is 2. The van der Waals surface area contributed by atoms with Crippen LogP contribution in [0.25, 0.3) is 0 Å². The highest BCUT2D eigenvalue weighted by Crippen LogP contribution is 2.65. The van der Waals surface area contributed by atoms with Crippen molar-refractivity contribution in [3.63, 3.8) is 0 Å². The molecule has 0 aliphatic heterocycles. The van der Waals surface area contributed by atoms with E-state index in [-0.39, 0.29) is 5.97 Å². The highest BCUT2D eigenvalue weighted by atomic mass is 16.5. The van der Waals surface area contributed by atoms with Gasteiger partial charge in [-0.15, -0.1) is 0 Å². The molecule has 0 radical (unpaired) electrons. The number of hydrogen-bond donors (Lipinski definition) is 0. The Morgan fingerprint density at radius 3 is 2.79 bits per heavy atom. The monoisotopic (exact) mass is 382 g/mol. The van der Waals surface area contributed by atoms with E-state index in [9.17, 15) is 4.79 Å². The van der Waals surface area contributed by atoms with Crippen molar-refractivity contribution < 1.29 is 9.53 Å². The SMILES string of the molecule is CCOC(=O)C=C[C@@H](C)[C@H]1CC[C@H]2C3=CC=C4CCCC[C@]4(C)[C@H]3CC[C@]12C. The summed E-state index contributed by atoms with van der Waals surface area (Å²) in [7, 11) is 0. The van der Waals surface area contributed by atoms with Crippen LogP contribution in [0.2, 0.25) is 0 Å². The molecule has 0 aromatic carbocycles. The molecule has 3 fully saturated rings. The van der Waals surface area contributed by atoms with Crippen LogP contribution in [0.15, 0.2) is 35.5 Å². The molecular weight excluding hydrogens is 344 g/mol. The van der Waals surface area contributed by atoms with Gasteiger partial charge in [0, 0.05) is 6.08 Å². The second-order valence-electron chi connectivity index (χ2n) is 10.3. The summed E-state index contributed by atoms with van der Waals surface area (Å²) in [4.78, 5) is 11.8. The molecule has 0 unspecified atom stereocenters. The van der Waals surface area contributed by atoms with Crippen molar-refractivity contribution in [2.75, 3.05) is 6.61 Å². The first kappa shape index (κ1) is 20.0. The molecule has 154 valence electrons. The Bertz CT molecular complexity index is 714. The molecule has 2 heteroatoms. The molecule has 0 aromatic rings. The van der Waals surface area contributed by atoms with Crippen LogP contribution in [0.3, 0.4) is 0 Å². The lowest BCUT2D eigenvalue weighted by molar-refractivity contribution is -0.137. The van der Waals surface area contributed by atoms with Crippen molar-refractivity contribution in [2.24, 2.45) is 34.5 Å². The lowest BCUT2D eigenvalue weighted by Crippen LogP contribution is -2.45. The van der Waals surface area contributed by atoms with Gasteiger partial charge in [-0.1, -0.05) is 56.6 Å². The molecule has 6 atom stereocenters. The van der Waals surface area contributed by atoms with Crippen LogP contribution in [0, 0.1) is 34.5 Å². The Kier molecular flexibility index (Phi) is 5.35. The highest BCUT2D eigenvalue weighted by Gasteiger charge is 2.56. The molecule has 4 rings (SSSR count). The van der Waals surface area contributed by atoms with Crippen LogP contribution in [-0.4, -0.2) is 12.6 Å². The van der Waals surface area contributed by atoms with Gasteiger partial charge in [-0.3, -0.25) is 0 Å². The van der Waals surface area contributed by atoms with Crippen LogP contribution < -0.4 is 0 Å². The van der Waals surface area contributed by atoms with Crippen LogP contribution in [0.5, 0.6) is 0 Å². The molecule has 3 saturated carbocycles. The third-order valence-corrected chi connectivity index (χ3v) is 9.01. The first-order valence-electron chi connectivity index (χ1n) is 11.7. The first-order valence-corrected chi connectivity index (χ1v) is 11.7. The summed E-state index contributed by atoms with van der Waals surface area (Å²) in [5.41, 5.74) is 4.30. The smallest absolute Gasteiger partial charge is 0.330 e. The summed E-state index contributed by atoms with van der Waals surface area (Å²) in [5, 5.41) is 0. The van der Waals surface area contributed by atoms with Crippen molar-refractivity contribution in [1.82, 2.24) is 0 Å². The van der Waals surface area contributed by atoms with Gasteiger partial charge in [-0.25, -0.2) is 4.79 Å². The first-order chi connectivity index (χ1) is 13.4. The lowest BCUT2D eigenvalue weighted by atomic mass is 9.50. The second kappa shape index (κ2) is 7.50. The van der Waals surface area contributed by atoms with E-state index < -0.39 is 0 Å². The fourth-order valence-corrected chi connectivity index (χ4v) is 7.50. The number of ether oxygens (including phenoxy) is 1. The third kappa shape index (κ3) is 3.12. The average molecular weight is 383 g/mol. The summed E-state index contributed by atoms with van der Waals surface area (Å²) in [5.74, 6) is 2.39. The van der Waals surface area contributed by atoms with Crippen LogP contribution in [-0.2, 0) is 9.53 Å². The van der Waals surface area contributed by atoms with E-state index in [2.05, 4.69) is 39.0 Å². The molecule has 28 heavy (non-hydrogen) atoms. The summed E-state index contributed by atoms with van der Waals surface area (Å²) < 4.78 is 5.08. The van der Waals surface area contributed by atoms with E-state index in [1.807, 2.05) is 6.92 Å². The number of carbonyl (C=O) groups is 1. The van der Waals surface area contributed by atoms with Crippen molar-refractivity contribution in [3.8, 4) is 0 Å². The zero-order valence-corrected chi connectivity index (χ0v) is 18.3. The van der Waals surface area contributed by atoms with E-state index in [4.69, 9.17) is 4.74 Å². The lowest BCUT2D eigenvalue weighted by Gasteiger charge is -2.54. The van der Waals surface area contributed by atoms with Gasteiger partial charge in [0.05, 0.1) is 6.61 Å². The highest BCUT2D eigenvalue weighted by molar-refractivity contribution is 5.81. The Labute approximate surface area is 171 Å². The molecule has 0 heterocycles. The molecule has 4 aliphatic carbocycles. The summed E-state index contributed by atoms with van der Waals surface area (Å²) in [6.07, 6.45) is 19.6. The normalized spacial score (nSPS) is 40.8. The molecule has 0 bridgehead atoms. The van der Waals surface area contributed by atoms with Crippen LogP contribution >= 0.6 is 0 Å². The van der Waals surface area contributed by atoms with Crippen LogP contribution in [0.4, 0.5) is 0 Å². The Balaban J connectivity index is 1.56. The maximum Gasteiger partial charge on any atom is 0.330 e. The minimum atomic E-state index is -0.198. The number of fused-ring (bicyclic) bond motifs is 5. The van der Waals surface area contributed by atoms with E-state index in [0.29, 0.717) is 29.3 Å². The van der Waals surface area contributed by atoms with Gasteiger partial charge in [-0.05, 0) is 86.4 Å². The second-order valence-corrected chi connectivity index (χ2v) is 10.3. The minimum Gasteiger partial charge on any atom is -0.463 e. The maximum atomic E-state index is 11.8. The Hall–Kier alpha value is -1.31. The maximum absolute atomic E-state index is 11.8. The fraction of sp³-hybridized carbons (Fsp3) is 0.731. The van der Waals surface area contributed by atoms with Crippen molar-refractivity contribution in [1.29, 1.82) is 0 Å². The van der Waals surface area contributed by atoms with Gasteiger partial charge >= 0.3 is 5.97 Å². The predicted molar refractivity (Wildman–Crippen MR) is 115 cm³/mol. The number of carbonyl (C=O) groups excluding carboxylic acids is 1. The third-order valence-electron chi connectivity index (χ3n) is 9.01. The molecule has 0 aromatic heterocycles. The van der Waals surface area contributed by atoms with Gasteiger partial charge in [0.1, 0.15) is 0 Å². The molecule has 4 aliphatic rings. The minimum absolute atomic E-state index is 0.198. The van der Waals surface area contributed by atoms with Crippen LogP contribution in [0.1, 0.15) is 79.1 Å². The molecule has 0 saturated heterocycles. The van der Waals surface area contributed by atoms with Crippen molar-refractivity contribution in [3.05, 3.63) is 35.5 Å². The van der Waals surface area contributed by atoms with E-state index >= 15 is 0 Å². The van der Waals surface area contributed by atoms with Crippen molar-refractivity contribution >= 4 is 5.97 Å². The number of allylic oxidation sites excluding steroid dienone is 5. The molecule has 0 spiro atoms. The topological polar surface area (TPSA) is 26.3 Å². The van der Waals surface area contributed by atoms with E-state index in [1.54, 1.807) is 17.2 Å². The van der Waals surface area contributed by atoms with Gasteiger partial charge in [0.2, 0.25) is 0 Å². The van der Waals surface area contributed by atoms with Gasteiger partial charge in [-0.2, -0.15) is 0 Å². The summed E-state index contributed by atoms with van der Waals surface area (Å²) >= 11 is 0. The van der Waals surface area contributed by atoms with Gasteiger partial charge in [0.15, 0.2) is 0 Å². The average Bonchev–Trinajstić information content (AvgIpc) is 3.03. The zero-order chi connectivity index (χ0) is 19.9. The number of esters is 1. The predicted octanol–water partition coefficient (Wildman–Crippen LogP) is 6.63. The van der Waals surface area contributed by atoms with Gasteiger partial charge in [0.25, 0.3) is 0 Å². The Morgan fingerprint density at radius 2 is 2.00 bits per heavy atom. The summed E-state index contributed by atoms with van der Waals surface area (Å²) in [6, 6.07) is 0. The molecular formula is C26H38O2. The Morgan fingerprint density at radius 1 is 1.18 bits per heavy atom. The quantitative estimate of drug-likeness (QED) is 0.403. The largest absolute Gasteiger partial charge is 0.463 e. The summed E-state index contributed by atoms with van der Waals surface area (Å²) in [6.45, 7) is 9.72. The number of rotatable bonds is 4. The van der Waals surface area contributed by atoms with E-state index in [1.165, 1.54) is 51.4 Å². The standard InChI is InChI=1S/C26H38O2/c1-5-28-24(27)14-9-18(2)21-12-13-22-20-11-10-19-8-6-7-16-25(19,3)23(20)15-17-26(21,22)4/h9-11,14,18,21-23H,5-8,12-13,15-17H2,1-4H3/t18-,21-,22+,23+,25+,26-/m1/s1. The molecule has 2 nitrogen and oxygen atoms in total.